The minimum atomic E-state index is -0.298. The van der Waals surface area contributed by atoms with Crippen LogP contribution in [0.3, 0.4) is 0 Å². The van der Waals surface area contributed by atoms with Gasteiger partial charge in [0.15, 0.2) is 0 Å². The normalized spacial score (nSPS) is 15.2. The third kappa shape index (κ3) is 4.35. The molecule has 0 aromatic heterocycles. The monoisotopic (exact) mass is 498 g/mol. The van der Waals surface area contributed by atoms with E-state index in [0.29, 0.717) is 32.1 Å². The van der Waals surface area contributed by atoms with Crippen LogP contribution in [-0.2, 0) is 51.3 Å². The van der Waals surface area contributed by atoms with Crippen molar-refractivity contribution in [2.45, 2.75) is 73.6 Å². The molecule has 4 amide bonds. The highest BCUT2D eigenvalue weighted by Gasteiger charge is 2.32. The second-order valence-electron chi connectivity index (χ2n) is 9.58. The van der Waals surface area contributed by atoms with Gasteiger partial charge in [-0.2, -0.15) is 0 Å². The van der Waals surface area contributed by atoms with Gasteiger partial charge in [0.2, 0.25) is 0 Å². The Morgan fingerprint density at radius 3 is 1.11 bits per heavy atom. The predicted octanol–water partition coefficient (Wildman–Crippen LogP) is 5.00. The molecule has 2 aliphatic rings. The fourth-order valence-electron chi connectivity index (χ4n) is 5.68. The molecule has 0 radical (unpaired) electrons. The van der Waals surface area contributed by atoms with Gasteiger partial charge < -0.3 is 0 Å². The van der Waals surface area contributed by atoms with Crippen LogP contribution in [0, 0.1) is 13.8 Å². The van der Waals surface area contributed by atoms with E-state index in [1.165, 1.54) is 34.1 Å². The van der Waals surface area contributed by atoms with Crippen LogP contribution in [0.25, 0.3) is 0 Å². The molecule has 4 rings (SSSR count). The zero-order valence-electron chi connectivity index (χ0n) is 22.5. The molecule has 0 fully saturated rings. The van der Waals surface area contributed by atoms with E-state index < -0.39 is 0 Å². The van der Waals surface area contributed by atoms with Crippen molar-refractivity contribution in [1.29, 1.82) is 0 Å². The fraction of sp³-hybridized carbons (Fsp3) is 0.355. The molecule has 0 bridgehead atoms. The van der Waals surface area contributed by atoms with E-state index in [9.17, 15) is 19.2 Å². The maximum absolute atomic E-state index is 12.5. The minimum absolute atomic E-state index is 0.298. The Labute approximate surface area is 218 Å². The highest BCUT2D eigenvalue weighted by Crippen LogP contribution is 2.38. The molecule has 0 saturated heterocycles. The number of nitrogens with zero attached hydrogens (tertiary/aromatic N) is 2. The summed E-state index contributed by atoms with van der Waals surface area (Å²) in [5.74, 6) is -1.19. The van der Waals surface area contributed by atoms with Crippen LogP contribution in [0.4, 0.5) is 11.4 Å². The average molecular weight is 499 g/mol. The summed E-state index contributed by atoms with van der Waals surface area (Å²) in [7, 11) is 0. The Hall–Kier alpha value is -3.80. The number of anilines is 2. The van der Waals surface area contributed by atoms with Crippen LogP contribution in [0.15, 0.2) is 36.4 Å². The van der Waals surface area contributed by atoms with Gasteiger partial charge in [-0.25, -0.2) is 9.80 Å². The highest BCUT2D eigenvalue weighted by atomic mass is 16.2. The van der Waals surface area contributed by atoms with Gasteiger partial charge in [0, 0.05) is 24.3 Å². The van der Waals surface area contributed by atoms with Crippen molar-refractivity contribution in [2.75, 3.05) is 9.80 Å². The molecule has 0 spiro atoms. The Morgan fingerprint density at radius 2 is 0.838 bits per heavy atom. The maximum Gasteiger partial charge on any atom is 0.258 e. The molecule has 2 heterocycles. The van der Waals surface area contributed by atoms with Gasteiger partial charge in [-0.3, -0.25) is 19.2 Å². The van der Waals surface area contributed by atoms with Gasteiger partial charge in [0.25, 0.3) is 23.6 Å². The van der Waals surface area contributed by atoms with Crippen LogP contribution in [0.2, 0.25) is 0 Å². The molecule has 192 valence electrons. The number of imide groups is 2. The van der Waals surface area contributed by atoms with Gasteiger partial charge in [0.05, 0.1) is 11.4 Å². The van der Waals surface area contributed by atoms with Gasteiger partial charge in [-0.1, -0.05) is 39.8 Å². The van der Waals surface area contributed by atoms with Crippen LogP contribution in [0.1, 0.15) is 72.2 Å². The Kier molecular flexibility index (Phi) is 7.30. The van der Waals surface area contributed by atoms with E-state index in [4.69, 9.17) is 0 Å². The average Bonchev–Trinajstić information content (AvgIpc) is 3.39. The third-order valence-electron chi connectivity index (χ3n) is 7.66. The first kappa shape index (κ1) is 26.3. The molecular weight excluding hydrogens is 464 g/mol. The number of carbonyl (C=O) groups is 4. The van der Waals surface area contributed by atoms with E-state index in [2.05, 4.69) is 39.8 Å². The molecular formula is C31H34N2O4. The predicted molar refractivity (Wildman–Crippen MR) is 146 cm³/mol. The first-order valence-electron chi connectivity index (χ1n) is 13.1. The number of hydrogen-bond donors (Lipinski definition) is 0. The second kappa shape index (κ2) is 10.3. The summed E-state index contributed by atoms with van der Waals surface area (Å²) in [6.07, 6.45) is 8.79. The molecule has 2 aromatic carbocycles. The van der Waals surface area contributed by atoms with Crippen molar-refractivity contribution in [3.8, 4) is 0 Å². The Balaban J connectivity index is 1.85. The number of rotatable bonds is 8. The van der Waals surface area contributed by atoms with Crippen LogP contribution in [0.5, 0.6) is 0 Å². The van der Waals surface area contributed by atoms with Crippen molar-refractivity contribution in [3.63, 3.8) is 0 Å². The maximum atomic E-state index is 12.5. The first-order valence-corrected chi connectivity index (χ1v) is 13.1. The van der Waals surface area contributed by atoms with Gasteiger partial charge in [0.1, 0.15) is 0 Å². The molecule has 0 saturated carbocycles. The zero-order valence-corrected chi connectivity index (χ0v) is 22.5. The van der Waals surface area contributed by atoms with Crippen molar-refractivity contribution < 1.29 is 19.2 Å². The standard InChI is InChI=1S/C31H34N2O4/c1-7-20-15-22(18(5)24(9-3)30(20)32-26(34)11-12-27(32)35)17-23-16-21(8-2)31(25(10-4)19(23)6)33-28(36)13-14-29(33)37/h11-16H,7-10,17H2,1-6H3. The van der Waals surface area contributed by atoms with Crippen molar-refractivity contribution >= 4 is 35.0 Å². The smallest absolute Gasteiger partial charge is 0.258 e. The van der Waals surface area contributed by atoms with E-state index >= 15 is 0 Å². The highest BCUT2D eigenvalue weighted by molar-refractivity contribution is 6.29. The lowest BCUT2D eigenvalue weighted by Gasteiger charge is -2.27. The summed E-state index contributed by atoms with van der Waals surface area (Å²) < 4.78 is 0. The SMILES string of the molecule is CCc1cc(Cc2cc(CC)c(N3C(=O)C=CC3=O)c(CC)c2C)c(C)c(CC)c1N1C(=O)C=CC1=O. The number of amides is 4. The molecule has 2 aliphatic heterocycles. The quantitative estimate of drug-likeness (QED) is 0.480. The second-order valence-corrected chi connectivity index (χ2v) is 9.58. The Bertz CT molecular complexity index is 1260. The van der Waals surface area contributed by atoms with Gasteiger partial charge in [-0.15, -0.1) is 0 Å². The summed E-state index contributed by atoms with van der Waals surface area (Å²) in [4.78, 5) is 52.8. The lowest BCUT2D eigenvalue weighted by molar-refractivity contribution is -0.121. The van der Waals surface area contributed by atoms with Crippen molar-refractivity contribution in [3.05, 3.63) is 80.9 Å². The van der Waals surface area contributed by atoms with E-state index in [-0.39, 0.29) is 23.6 Å². The molecule has 0 N–H and O–H groups in total. The van der Waals surface area contributed by atoms with E-state index in [1.54, 1.807) is 0 Å². The largest absolute Gasteiger partial charge is 0.269 e. The molecule has 37 heavy (non-hydrogen) atoms. The minimum Gasteiger partial charge on any atom is -0.269 e. The molecule has 0 aliphatic carbocycles. The molecule has 2 aromatic rings. The fourth-order valence-corrected chi connectivity index (χ4v) is 5.68. The lowest BCUT2D eigenvalue weighted by atomic mass is 9.86. The summed E-state index contributed by atoms with van der Waals surface area (Å²) in [6.45, 7) is 12.3. The van der Waals surface area contributed by atoms with Crippen LogP contribution < -0.4 is 9.80 Å². The summed E-state index contributed by atoms with van der Waals surface area (Å²) in [5.41, 5.74) is 9.89. The first-order chi connectivity index (χ1) is 17.7. The molecule has 6 nitrogen and oxygen atoms in total. The summed E-state index contributed by atoms with van der Waals surface area (Å²) >= 11 is 0. The molecule has 6 heteroatoms. The van der Waals surface area contributed by atoms with Crippen LogP contribution in [-0.4, -0.2) is 23.6 Å². The number of aryl methyl sites for hydroxylation is 2. The van der Waals surface area contributed by atoms with Gasteiger partial charge >= 0.3 is 0 Å². The van der Waals surface area contributed by atoms with Gasteiger partial charge in [-0.05, 0) is 90.5 Å². The molecule has 0 unspecified atom stereocenters. The topological polar surface area (TPSA) is 74.8 Å². The third-order valence-corrected chi connectivity index (χ3v) is 7.66. The summed E-state index contributed by atoms with van der Waals surface area (Å²) in [6, 6.07) is 4.26. The van der Waals surface area contributed by atoms with E-state index in [0.717, 1.165) is 55.9 Å². The Morgan fingerprint density at radius 1 is 0.514 bits per heavy atom. The van der Waals surface area contributed by atoms with Crippen molar-refractivity contribution in [2.24, 2.45) is 0 Å². The van der Waals surface area contributed by atoms with E-state index in [1.807, 2.05) is 13.8 Å². The van der Waals surface area contributed by atoms with Crippen molar-refractivity contribution in [1.82, 2.24) is 0 Å². The lowest BCUT2D eigenvalue weighted by Crippen LogP contribution is -2.32. The number of benzene rings is 2. The molecule has 0 atom stereocenters. The van der Waals surface area contributed by atoms with Crippen LogP contribution >= 0.6 is 0 Å². The summed E-state index contributed by atoms with van der Waals surface area (Å²) in [5, 5.41) is 0. The zero-order chi connectivity index (χ0) is 27.0. The number of hydrogen-bond acceptors (Lipinski definition) is 4. The number of carbonyl (C=O) groups excluding carboxylic acids is 4.